The van der Waals surface area contributed by atoms with Gasteiger partial charge in [0.15, 0.2) is 11.5 Å². The Morgan fingerprint density at radius 3 is 2.28 bits per heavy atom. The van der Waals surface area contributed by atoms with Crippen molar-refractivity contribution in [1.82, 2.24) is 5.32 Å². The first-order chi connectivity index (χ1) is 14.1. The highest BCUT2D eigenvalue weighted by molar-refractivity contribution is 5.97. The number of carbonyl (C=O) groups excluding carboxylic acids is 1. The first-order valence-corrected chi connectivity index (χ1v) is 9.41. The largest absolute Gasteiger partial charge is 0.493 e. The highest BCUT2D eigenvalue weighted by atomic mass is 16.5. The van der Waals surface area contributed by atoms with Crippen molar-refractivity contribution in [3.63, 3.8) is 0 Å². The summed E-state index contributed by atoms with van der Waals surface area (Å²) < 4.78 is 16.5. The maximum atomic E-state index is 12.9. The summed E-state index contributed by atoms with van der Waals surface area (Å²) in [5.74, 6) is 1.62. The van der Waals surface area contributed by atoms with Crippen molar-refractivity contribution < 1.29 is 19.0 Å². The third-order valence-electron chi connectivity index (χ3n) is 4.62. The molecular weight excluding hydrogens is 366 g/mol. The van der Waals surface area contributed by atoms with Crippen LogP contribution in [0, 0.1) is 0 Å². The lowest BCUT2D eigenvalue weighted by atomic mass is 10.1. The third-order valence-corrected chi connectivity index (χ3v) is 4.62. The first kappa shape index (κ1) is 20.3. The SMILES string of the molecule is COc1ccc([C@@H](C)NC(=O)c2ccccc2OCc2ccccc2)cc1OC. The van der Waals surface area contributed by atoms with E-state index >= 15 is 0 Å². The second-order valence-electron chi connectivity index (χ2n) is 6.58. The molecule has 150 valence electrons. The molecule has 0 aliphatic carbocycles. The predicted molar refractivity (Wildman–Crippen MR) is 113 cm³/mol. The molecule has 0 saturated carbocycles. The van der Waals surface area contributed by atoms with Gasteiger partial charge in [0.25, 0.3) is 5.91 Å². The van der Waals surface area contributed by atoms with Crippen molar-refractivity contribution in [2.24, 2.45) is 0 Å². The second-order valence-corrected chi connectivity index (χ2v) is 6.58. The van der Waals surface area contributed by atoms with Gasteiger partial charge in [-0.05, 0) is 42.3 Å². The fourth-order valence-electron chi connectivity index (χ4n) is 3.00. The topological polar surface area (TPSA) is 56.8 Å². The Kier molecular flexibility index (Phi) is 6.74. The summed E-state index contributed by atoms with van der Waals surface area (Å²) >= 11 is 0. The molecule has 3 aromatic rings. The lowest BCUT2D eigenvalue weighted by Gasteiger charge is -2.18. The zero-order valence-electron chi connectivity index (χ0n) is 16.8. The molecule has 3 aromatic carbocycles. The third kappa shape index (κ3) is 5.08. The number of amides is 1. The molecule has 5 heteroatoms. The van der Waals surface area contributed by atoms with Gasteiger partial charge in [0.1, 0.15) is 12.4 Å². The Balaban J connectivity index is 1.72. The number of hydrogen-bond donors (Lipinski definition) is 1. The highest BCUT2D eigenvalue weighted by Gasteiger charge is 2.17. The number of ether oxygens (including phenoxy) is 3. The summed E-state index contributed by atoms with van der Waals surface area (Å²) in [5, 5.41) is 3.02. The Morgan fingerprint density at radius 1 is 0.862 bits per heavy atom. The lowest BCUT2D eigenvalue weighted by molar-refractivity contribution is 0.0935. The standard InChI is InChI=1S/C24H25NO4/c1-17(19-13-14-22(27-2)23(15-19)28-3)25-24(26)20-11-7-8-12-21(20)29-16-18-9-5-4-6-10-18/h4-15,17H,16H2,1-3H3,(H,25,26)/t17-/m1/s1. The van der Waals surface area contributed by atoms with Crippen LogP contribution >= 0.6 is 0 Å². The van der Waals surface area contributed by atoms with Crippen LogP contribution < -0.4 is 19.5 Å². The molecule has 29 heavy (non-hydrogen) atoms. The molecule has 1 amide bonds. The van der Waals surface area contributed by atoms with Gasteiger partial charge in [-0.2, -0.15) is 0 Å². The number of rotatable bonds is 8. The molecule has 0 bridgehead atoms. The first-order valence-electron chi connectivity index (χ1n) is 9.41. The van der Waals surface area contributed by atoms with Crippen molar-refractivity contribution >= 4 is 5.91 Å². The monoisotopic (exact) mass is 391 g/mol. The zero-order chi connectivity index (χ0) is 20.6. The number of hydrogen-bond acceptors (Lipinski definition) is 4. The van der Waals surface area contributed by atoms with Gasteiger partial charge in [0.2, 0.25) is 0 Å². The summed E-state index contributed by atoms with van der Waals surface area (Å²) in [6, 6.07) is 22.5. The summed E-state index contributed by atoms with van der Waals surface area (Å²) in [7, 11) is 3.18. The molecule has 5 nitrogen and oxygen atoms in total. The van der Waals surface area contributed by atoms with Crippen molar-refractivity contribution in [1.29, 1.82) is 0 Å². The fraction of sp³-hybridized carbons (Fsp3) is 0.208. The highest BCUT2D eigenvalue weighted by Crippen LogP contribution is 2.30. The van der Waals surface area contributed by atoms with Gasteiger partial charge >= 0.3 is 0 Å². The Labute approximate surface area is 171 Å². The van der Waals surface area contributed by atoms with Crippen molar-refractivity contribution in [3.05, 3.63) is 89.5 Å². The van der Waals surface area contributed by atoms with Gasteiger partial charge < -0.3 is 19.5 Å². The van der Waals surface area contributed by atoms with E-state index in [2.05, 4.69) is 5.32 Å². The molecule has 1 atom stereocenters. The van der Waals surface area contributed by atoms with Crippen molar-refractivity contribution in [2.45, 2.75) is 19.6 Å². The minimum Gasteiger partial charge on any atom is -0.493 e. The van der Waals surface area contributed by atoms with Gasteiger partial charge in [-0.15, -0.1) is 0 Å². The van der Waals surface area contributed by atoms with Crippen LogP contribution in [-0.2, 0) is 6.61 Å². The summed E-state index contributed by atoms with van der Waals surface area (Å²) in [4.78, 5) is 12.9. The van der Waals surface area contributed by atoms with Crippen LogP contribution in [0.1, 0.15) is 34.5 Å². The summed E-state index contributed by atoms with van der Waals surface area (Å²) in [5.41, 5.74) is 2.45. The van der Waals surface area contributed by atoms with Gasteiger partial charge in [0.05, 0.1) is 25.8 Å². The van der Waals surface area contributed by atoms with Gasteiger partial charge in [-0.3, -0.25) is 4.79 Å². The fourth-order valence-corrected chi connectivity index (χ4v) is 3.00. The lowest BCUT2D eigenvalue weighted by Crippen LogP contribution is -2.27. The van der Waals surface area contributed by atoms with Crippen LogP contribution in [0.25, 0.3) is 0 Å². The van der Waals surface area contributed by atoms with Gasteiger partial charge in [0, 0.05) is 0 Å². The van der Waals surface area contributed by atoms with Crippen LogP contribution in [0.15, 0.2) is 72.8 Å². The molecular formula is C24H25NO4. The van der Waals surface area contributed by atoms with Crippen molar-refractivity contribution in [2.75, 3.05) is 14.2 Å². The summed E-state index contributed by atoms with van der Waals surface area (Å²) in [6.45, 7) is 2.32. The van der Waals surface area contributed by atoms with Crippen LogP contribution in [0.2, 0.25) is 0 Å². The van der Waals surface area contributed by atoms with Crippen molar-refractivity contribution in [3.8, 4) is 17.2 Å². The van der Waals surface area contributed by atoms with E-state index in [4.69, 9.17) is 14.2 Å². The smallest absolute Gasteiger partial charge is 0.255 e. The van der Waals surface area contributed by atoms with E-state index in [9.17, 15) is 4.79 Å². The number of nitrogens with one attached hydrogen (secondary N) is 1. The molecule has 0 unspecified atom stereocenters. The van der Waals surface area contributed by atoms with Crippen LogP contribution in [0.5, 0.6) is 17.2 Å². The Morgan fingerprint density at radius 2 is 1.55 bits per heavy atom. The van der Waals surface area contributed by atoms with E-state index in [0.717, 1.165) is 11.1 Å². The molecule has 0 fully saturated rings. The number of para-hydroxylation sites is 1. The number of benzene rings is 3. The van der Waals surface area contributed by atoms with Crippen LogP contribution in [0.4, 0.5) is 0 Å². The maximum Gasteiger partial charge on any atom is 0.255 e. The number of methoxy groups -OCH3 is 2. The van der Waals surface area contributed by atoms with E-state index in [1.54, 1.807) is 26.4 Å². The average Bonchev–Trinajstić information content (AvgIpc) is 2.78. The van der Waals surface area contributed by atoms with E-state index < -0.39 is 0 Å². The minimum absolute atomic E-state index is 0.198. The molecule has 0 saturated heterocycles. The Bertz CT molecular complexity index is 956. The second kappa shape index (κ2) is 9.64. The quantitative estimate of drug-likeness (QED) is 0.601. The molecule has 1 N–H and O–H groups in total. The molecule has 0 heterocycles. The minimum atomic E-state index is -0.218. The van der Waals surface area contributed by atoms with Crippen LogP contribution in [0.3, 0.4) is 0 Å². The predicted octanol–water partition coefficient (Wildman–Crippen LogP) is 4.77. The zero-order valence-corrected chi connectivity index (χ0v) is 16.8. The van der Waals surface area contributed by atoms with E-state index in [1.807, 2.05) is 67.6 Å². The van der Waals surface area contributed by atoms with Gasteiger partial charge in [-0.1, -0.05) is 48.5 Å². The molecule has 0 spiro atoms. The maximum absolute atomic E-state index is 12.9. The van der Waals surface area contributed by atoms with Crippen LogP contribution in [-0.4, -0.2) is 20.1 Å². The molecule has 0 aromatic heterocycles. The molecule has 0 aliphatic rings. The van der Waals surface area contributed by atoms with E-state index in [0.29, 0.717) is 29.4 Å². The normalized spacial score (nSPS) is 11.4. The number of carbonyl (C=O) groups is 1. The molecule has 0 radical (unpaired) electrons. The molecule has 0 aliphatic heterocycles. The Hall–Kier alpha value is -3.47. The van der Waals surface area contributed by atoms with E-state index in [1.165, 1.54) is 0 Å². The summed E-state index contributed by atoms with van der Waals surface area (Å²) in [6.07, 6.45) is 0. The molecule has 3 rings (SSSR count). The van der Waals surface area contributed by atoms with Gasteiger partial charge in [-0.25, -0.2) is 0 Å². The average molecular weight is 391 g/mol. The van der Waals surface area contributed by atoms with E-state index in [-0.39, 0.29) is 11.9 Å².